The van der Waals surface area contributed by atoms with Crippen molar-refractivity contribution in [2.75, 3.05) is 7.11 Å². The minimum atomic E-state index is -0.901. The van der Waals surface area contributed by atoms with Gasteiger partial charge < -0.3 is 4.74 Å². The Labute approximate surface area is 158 Å². The molecule has 3 rings (SSSR count). The molecule has 0 N–H and O–H groups in total. The van der Waals surface area contributed by atoms with Crippen molar-refractivity contribution < 1.29 is 17.9 Å². The molecule has 0 unspecified atom stereocenters. The third-order valence-electron chi connectivity index (χ3n) is 5.71. The Bertz CT molecular complexity index is 808. The fourth-order valence-electron chi connectivity index (χ4n) is 4.04. The van der Waals surface area contributed by atoms with Crippen LogP contribution >= 0.6 is 0 Å². The average Bonchev–Trinajstić information content (AvgIpc) is 2.69. The highest BCUT2D eigenvalue weighted by atomic mass is 19.2. The first-order chi connectivity index (χ1) is 13.0. The van der Waals surface area contributed by atoms with Crippen LogP contribution in [-0.4, -0.2) is 7.11 Å². The first-order valence-corrected chi connectivity index (χ1v) is 9.46. The van der Waals surface area contributed by atoms with Crippen LogP contribution < -0.4 is 4.74 Å². The topological polar surface area (TPSA) is 9.23 Å². The molecule has 0 radical (unpaired) electrons. The molecule has 1 aliphatic rings. The monoisotopic (exact) mass is 374 g/mol. The second-order valence-corrected chi connectivity index (χ2v) is 7.30. The summed E-state index contributed by atoms with van der Waals surface area (Å²) in [4.78, 5) is 0. The van der Waals surface area contributed by atoms with Crippen LogP contribution in [0.4, 0.5) is 13.2 Å². The van der Waals surface area contributed by atoms with Crippen LogP contribution in [0.1, 0.15) is 54.7 Å². The van der Waals surface area contributed by atoms with Crippen molar-refractivity contribution in [2.45, 2.75) is 44.4 Å². The number of benzene rings is 2. The van der Waals surface area contributed by atoms with Crippen LogP contribution in [0.3, 0.4) is 0 Å². The predicted octanol–water partition coefficient (Wildman–Crippen LogP) is 6.66. The Hall–Kier alpha value is -2.23. The van der Waals surface area contributed by atoms with Crippen molar-refractivity contribution in [1.29, 1.82) is 0 Å². The number of methoxy groups -OCH3 is 1. The molecule has 27 heavy (non-hydrogen) atoms. The van der Waals surface area contributed by atoms with Gasteiger partial charge in [-0.25, -0.2) is 8.78 Å². The first kappa shape index (κ1) is 19.5. The number of halogens is 3. The Morgan fingerprint density at radius 2 is 1.78 bits per heavy atom. The Balaban J connectivity index is 1.55. The molecule has 4 heteroatoms. The summed E-state index contributed by atoms with van der Waals surface area (Å²) in [5, 5.41) is 0. The summed E-state index contributed by atoms with van der Waals surface area (Å²) in [6.07, 6.45) is 6.97. The zero-order chi connectivity index (χ0) is 19.4. The van der Waals surface area contributed by atoms with E-state index in [1.165, 1.54) is 19.3 Å². The maximum atomic E-state index is 14.3. The molecule has 0 spiro atoms. The third kappa shape index (κ3) is 4.37. The van der Waals surface area contributed by atoms with E-state index in [1.807, 2.05) is 6.07 Å². The molecule has 0 amide bonds. The summed E-state index contributed by atoms with van der Waals surface area (Å²) in [5.74, 6) is -1.39. The fourth-order valence-corrected chi connectivity index (χ4v) is 4.04. The van der Waals surface area contributed by atoms with Crippen molar-refractivity contribution in [1.82, 2.24) is 0 Å². The lowest BCUT2D eigenvalue weighted by atomic mass is 9.76. The largest absolute Gasteiger partial charge is 0.494 e. The minimum Gasteiger partial charge on any atom is -0.494 e. The fraction of sp³-hybridized carbons (Fsp3) is 0.391. The SMILES string of the molecule is C=Cc1ccc(CCC2CCC(c3ccc(OC)c(F)c3F)CC2)cc1F. The van der Waals surface area contributed by atoms with Gasteiger partial charge in [-0.2, -0.15) is 4.39 Å². The molecular formula is C23H25F3O. The van der Waals surface area contributed by atoms with Crippen LogP contribution in [0.25, 0.3) is 6.08 Å². The standard InChI is InChI=1S/C23H25F3O/c1-3-17-9-8-16(14-20(17)24)5-4-15-6-10-18(11-7-15)19-12-13-21(27-2)23(26)22(19)25/h3,8-9,12-15,18H,1,4-7,10-11H2,2H3. The van der Waals surface area contributed by atoms with E-state index in [1.54, 1.807) is 18.2 Å². The highest BCUT2D eigenvalue weighted by Crippen LogP contribution is 2.39. The molecule has 1 nitrogen and oxygen atoms in total. The minimum absolute atomic E-state index is 0.0472. The van der Waals surface area contributed by atoms with Crippen molar-refractivity contribution in [3.63, 3.8) is 0 Å². The smallest absolute Gasteiger partial charge is 0.200 e. The summed E-state index contributed by atoms with van der Waals surface area (Å²) >= 11 is 0. The van der Waals surface area contributed by atoms with Gasteiger partial charge in [0.25, 0.3) is 0 Å². The van der Waals surface area contributed by atoms with Gasteiger partial charge in [0.1, 0.15) is 5.82 Å². The number of ether oxygens (including phenoxy) is 1. The molecule has 0 saturated heterocycles. The maximum absolute atomic E-state index is 14.3. The van der Waals surface area contributed by atoms with E-state index in [9.17, 15) is 13.2 Å². The zero-order valence-electron chi connectivity index (χ0n) is 15.6. The maximum Gasteiger partial charge on any atom is 0.200 e. The molecule has 1 fully saturated rings. The Kier molecular flexibility index (Phi) is 6.25. The third-order valence-corrected chi connectivity index (χ3v) is 5.71. The van der Waals surface area contributed by atoms with Crippen LogP contribution in [-0.2, 0) is 6.42 Å². The van der Waals surface area contributed by atoms with Gasteiger partial charge in [-0.15, -0.1) is 0 Å². The normalized spacial score (nSPS) is 19.7. The van der Waals surface area contributed by atoms with Crippen LogP contribution in [0.5, 0.6) is 5.75 Å². The molecule has 0 aromatic heterocycles. The molecule has 0 aliphatic heterocycles. The lowest BCUT2D eigenvalue weighted by Gasteiger charge is -2.29. The quantitative estimate of drug-likeness (QED) is 0.549. The van der Waals surface area contributed by atoms with Gasteiger partial charge in [0, 0.05) is 5.56 Å². The highest BCUT2D eigenvalue weighted by Gasteiger charge is 2.26. The van der Waals surface area contributed by atoms with Gasteiger partial charge in [-0.05, 0) is 73.6 Å². The lowest BCUT2D eigenvalue weighted by Crippen LogP contribution is -2.15. The first-order valence-electron chi connectivity index (χ1n) is 9.46. The molecule has 0 heterocycles. The summed E-state index contributed by atoms with van der Waals surface area (Å²) in [7, 11) is 1.33. The number of aryl methyl sites for hydroxylation is 1. The van der Waals surface area contributed by atoms with E-state index in [0.29, 0.717) is 17.0 Å². The van der Waals surface area contributed by atoms with E-state index < -0.39 is 11.6 Å². The predicted molar refractivity (Wildman–Crippen MR) is 102 cm³/mol. The van der Waals surface area contributed by atoms with E-state index in [0.717, 1.165) is 44.1 Å². The van der Waals surface area contributed by atoms with Crippen LogP contribution in [0.2, 0.25) is 0 Å². The molecule has 2 aromatic rings. The molecule has 144 valence electrons. The van der Waals surface area contributed by atoms with E-state index in [2.05, 4.69) is 6.58 Å². The molecule has 2 aromatic carbocycles. The number of hydrogen-bond acceptors (Lipinski definition) is 1. The highest BCUT2D eigenvalue weighted by molar-refractivity contribution is 5.48. The molecule has 0 bridgehead atoms. The van der Waals surface area contributed by atoms with E-state index in [-0.39, 0.29) is 17.5 Å². The van der Waals surface area contributed by atoms with Gasteiger partial charge in [0.2, 0.25) is 5.82 Å². The number of rotatable bonds is 6. The van der Waals surface area contributed by atoms with Gasteiger partial charge in [-0.3, -0.25) is 0 Å². The zero-order valence-corrected chi connectivity index (χ0v) is 15.6. The van der Waals surface area contributed by atoms with Crippen molar-refractivity contribution >= 4 is 6.08 Å². The second-order valence-electron chi connectivity index (χ2n) is 7.30. The summed E-state index contributed by atoms with van der Waals surface area (Å²) in [6.45, 7) is 3.60. The van der Waals surface area contributed by atoms with Crippen molar-refractivity contribution in [3.8, 4) is 5.75 Å². The second kappa shape index (κ2) is 8.64. The summed E-state index contributed by atoms with van der Waals surface area (Å²) < 4.78 is 46.9. The summed E-state index contributed by atoms with van der Waals surface area (Å²) in [6, 6.07) is 8.43. The van der Waals surface area contributed by atoms with Gasteiger partial charge >= 0.3 is 0 Å². The van der Waals surface area contributed by atoms with Crippen LogP contribution in [0, 0.1) is 23.4 Å². The Morgan fingerprint density at radius 3 is 2.41 bits per heavy atom. The molecule has 1 saturated carbocycles. The Morgan fingerprint density at radius 1 is 1.04 bits per heavy atom. The van der Waals surface area contributed by atoms with Gasteiger partial charge in [0.05, 0.1) is 7.11 Å². The molecular weight excluding hydrogens is 349 g/mol. The van der Waals surface area contributed by atoms with Crippen LogP contribution in [0.15, 0.2) is 36.9 Å². The lowest BCUT2D eigenvalue weighted by molar-refractivity contribution is 0.303. The van der Waals surface area contributed by atoms with Gasteiger partial charge in [-0.1, -0.05) is 30.9 Å². The summed E-state index contributed by atoms with van der Waals surface area (Å²) in [5.41, 5.74) is 1.96. The van der Waals surface area contributed by atoms with E-state index >= 15 is 0 Å². The number of hydrogen-bond donors (Lipinski definition) is 0. The average molecular weight is 374 g/mol. The molecule has 1 aliphatic carbocycles. The van der Waals surface area contributed by atoms with E-state index in [4.69, 9.17) is 4.74 Å². The van der Waals surface area contributed by atoms with Crippen molar-refractivity contribution in [3.05, 3.63) is 71.1 Å². The van der Waals surface area contributed by atoms with Gasteiger partial charge in [0.15, 0.2) is 11.6 Å². The molecule has 0 atom stereocenters. The van der Waals surface area contributed by atoms with Crippen molar-refractivity contribution in [2.24, 2.45) is 5.92 Å².